The Kier molecular flexibility index (Phi) is 7.04. The van der Waals surface area contributed by atoms with E-state index in [1.54, 1.807) is 30.3 Å². The van der Waals surface area contributed by atoms with Gasteiger partial charge in [-0.3, -0.25) is 0 Å². The van der Waals surface area contributed by atoms with E-state index in [0.717, 1.165) is 0 Å². The van der Waals surface area contributed by atoms with Crippen LogP contribution in [0.3, 0.4) is 0 Å². The topological polar surface area (TPSA) is 158 Å². The monoisotopic (exact) mass is 350 g/mol. The van der Waals surface area contributed by atoms with Crippen LogP contribution in [0.4, 0.5) is 0 Å². The zero-order chi connectivity index (χ0) is 19.0. The Bertz CT molecular complexity index is 796. The van der Waals surface area contributed by atoms with Crippen LogP contribution in [0.5, 0.6) is 0 Å². The number of hydrogen-bond acceptors (Lipinski definition) is 5. The summed E-state index contributed by atoms with van der Waals surface area (Å²) >= 11 is 0. The summed E-state index contributed by atoms with van der Waals surface area (Å²) in [6.45, 7) is -1.13. The van der Waals surface area contributed by atoms with Gasteiger partial charge in [0.1, 0.15) is 13.2 Å². The summed E-state index contributed by atoms with van der Waals surface area (Å²) in [6, 6.07) is 9.72. The fourth-order valence-corrected chi connectivity index (χ4v) is 1.91. The van der Waals surface area contributed by atoms with E-state index < -0.39 is 37.1 Å². The van der Waals surface area contributed by atoms with Gasteiger partial charge in [-0.25, -0.2) is 19.2 Å². The molecule has 0 bridgehead atoms. The van der Waals surface area contributed by atoms with Crippen LogP contribution >= 0.6 is 0 Å². The van der Waals surface area contributed by atoms with Gasteiger partial charge in [-0.05, 0) is 16.8 Å². The minimum atomic E-state index is -1.23. The van der Waals surface area contributed by atoms with E-state index in [1.807, 2.05) is 0 Å². The molecule has 0 aromatic heterocycles. The maximum absolute atomic E-state index is 11.1. The lowest BCUT2D eigenvalue weighted by Crippen LogP contribution is -2.13. The molecule has 0 saturated heterocycles. The Hall–Kier alpha value is -3.46. The van der Waals surface area contributed by atoms with E-state index in [0.29, 0.717) is 10.8 Å². The van der Waals surface area contributed by atoms with Gasteiger partial charge in [0.2, 0.25) is 0 Å². The number of carbonyl (C=O) groups is 4. The van der Waals surface area contributed by atoms with Crippen molar-refractivity contribution in [3.05, 3.63) is 47.5 Å². The molecule has 2 aromatic rings. The van der Waals surface area contributed by atoms with Crippen LogP contribution in [0.25, 0.3) is 10.8 Å². The molecule has 0 atom stereocenters. The van der Waals surface area contributed by atoms with Gasteiger partial charge in [-0.1, -0.05) is 30.3 Å². The van der Waals surface area contributed by atoms with Crippen LogP contribution in [0.15, 0.2) is 36.4 Å². The van der Waals surface area contributed by atoms with Crippen molar-refractivity contribution in [1.82, 2.24) is 0 Å². The van der Waals surface area contributed by atoms with Crippen molar-refractivity contribution in [2.45, 2.75) is 0 Å². The number of rotatable bonds is 6. The van der Waals surface area contributed by atoms with Gasteiger partial charge < -0.3 is 25.2 Å². The smallest absolute Gasteiger partial charge is 0.337 e. The summed E-state index contributed by atoms with van der Waals surface area (Å²) in [4.78, 5) is 41.3. The van der Waals surface area contributed by atoms with Crippen LogP contribution in [-0.2, 0) is 14.3 Å². The van der Waals surface area contributed by atoms with Crippen molar-refractivity contribution < 1.29 is 44.3 Å². The molecule has 0 aliphatic heterocycles. The van der Waals surface area contributed by atoms with E-state index in [4.69, 9.17) is 20.4 Å². The second-order valence-electron chi connectivity index (χ2n) is 4.60. The first-order valence-electron chi connectivity index (χ1n) is 6.73. The second kappa shape index (κ2) is 8.99. The fraction of sp³-hybridized carbons (Fsp3) is 0.125. The number of aromatic carboxylic acids is 2. The molecule has 0 saturated carbocycles. The molecule has 132 valence electrons. The number of carboxylic acid groups (broad SMARTS) is 4. The third-order valence-electron chi connectivity index (χ3n) is 2.82. The van der Waals surface area contributed by atoms with Crippen molar-refractivity contribution in [2.24, 2.45) is 0 Å². The normalized spacial score (nSPS) is 9.76. The third-order valence-corrected chi connectivity index (χ3v) is 2.82. The zero-order valence-electron chi connectivity index (χ0n) is 12.7. The molecule has 0 spiro atoms. The van der Waals surface area contributed by atoms with E-state index >= 15 is 0 Å². The Morgan fingerprint density at radius 3 is 1.80 bits per heavy atom. The summed E-state index contributed by atoms with van der Waals surface area (Å²) < 4.78 is 4.16. The fourth-order valence-electron chi connectivity index (χ4n) is 1.91. The number of ether oxygens (including phenoxy) is 1. The van der Waals surface area contributed by atoms with Crippen molar-refractivity contribution >= 4 is 34.6 Å². The molecule has 0 aliphatic carbocycles. The van der Waals surface area contributed by atoms with Gasteiger partial charge >= 0.3 is 23.9 Å². The molecule has 0 aliphatic rings. The molecule has 0 radical (unpaired) electrons. The van der Waals surface area contributed by atoms with Gasteiger partial charge in [0.05, 0.1) is 11.1 Å². The summed E-state index contributed by atoms with van der Waals surface area (Å²) in [5, 5.41) is 34.9. The van der Waals surface area contributed by atoms with Crippen molar-refractivity contribution in [3.63, 3.8) is 0 Å². The number of fused-ring (bicyclic) bond motifs is 1. The maximum Gasteiger partial charge on any atom is 0.337 e. The lowest BCUT2D eigenvalue weighted by atomic mass is 9.99. The molecule has 9 heteroatoms. The lowest BCUT2D eigenvalue weighted by Gasteiger charge is -2.05. The van der Waals surface area contributed by atoms with Crippen LogP contribution < -0.4 is 0 Å². The predicted molar refractivity (Wildman–Crippen MR) is 84.0 cm³/mol. The molecule has 0 unspecified atom stereocenters. The third kappa shape index (κ3) is 5.92. The molecule has 2 aromatic carbocycles. The molecule has 4 N–H and O–H groups in total. The number of hydrogen-bond donors (Lipinski definition) is 4. The Morgan fingerprint density at radius 2 is 1.32 bits per heavy atom. The minimum Gasteiger partial charge on any atom is -0.480 e. The van der Waals surface area contributed by atoms with E-state index in [-0.39, 0.29) is 11.1 Å². The Labute approximate surface area is 140 Å². The Morgan fingerprint density at radius 1 is 0.760 bits per heavy atom. The van der Waals surface area contributed by atoms with Gasteiger partial charge in [0, 0.05) is 0 Å². The van der Waals surface area contributed by atoms with Crippen LogP contribution in [-0.4, -0.2) is 57.5 Å². The SMILES string of the molecule is O=C(O)COCC(=O)O.O=C(O)c1ccc2ccccc2c1C(=O)O. The molecular formula is C16H14O9. The number of aliphatic carboxylic acids is 2. The van der Waals surface area contributed by atoms with Crippen LogP contribution in [0.1, 0.15) is 20.7 Å². The summed E-state index contributed by atoms with van der Waals surface area (Å²) in [6.07, 6.45) is 0. The van der Waals surface area contributed by atoms with Gasteiger partial charge in [-0.2, -0.15) is 0 Å². The molecule has 2 rings (SSSR count). The van der Waals surface area contributed by atoms with E-state index in [1.165, 1.54) is 6.07 Å². The molecule has 25 heavy (non-hydrogen) atoms. The first kappa shape index (κ1) is 19.6. The highest BCUT2D eigenvalue weighted by molar-refractivity contribution is 6.11. The Balaban J connectivity index is 0.000000299. The molecule has 0 amide bonds. The molecule has 0 fully saturated rings. The van der Waals surface area contributed by atoms with E-state index in [9.17, 15) is 19.2 Å². The maximum atomic E-state index is 11.1. The van der Waals surface area contributed by atoms with Crippen molar-refractivity contribution in [3.8, 4) is 0 Å². The second-order valence-corrected chi connectivity index (χ2v) is 4.60. The average molecular weight is 350 g/mol. The van der Waals surface area contributed by atoms with Crippen molar-refractivity contribution in [2.75, 3.05) is 13.2 Å². The summed E-state index contributed by atoms with van der Waals surface area (Å²) in [5.41, 5.74) is -0.350. The zero-order valence-corrected chi connectivity index (χ0v) is 12.7. The molecular weight excluding hydrogens is 336 g/mol. The van der Waals surface area contributed by atoms with Gasteiger partial charge in [0.25, 0.3) is 0 Å². The predicted octanol–water partition coefficient (Wildman–Crippen LogP) is 1.41. The highest BCUT2D eigenvalue weighted by Crippen LogP contribution is 2.22. The first-order chi connectivity index (χ1) is 11.7. The van der Waals surface area contributed by atoms with E-state index in [2.05, 4.69) is 4.74 Å². The van der Waals surface area contributed by atoms with Crippen LogP contribution in [0.2, 0.25) is 0 Å². The quantitative estimate of drug-likeness (QED) is 0.604. The minimum absolute atomic E-state index is 0.161. The number of carboxylic acids is 4. The molecule has 0 heterocycles. The summed E-state index contributed by atoms with van der Waals surface area (Å²) in [5.74, 6) is -4.80. The van der Waals surface area contributed by atoms with Crippen LogP contribution in [0, 0.1) is 0 Å². The lowest BCUT2D eigenvalue weighted by molar-refractivity contribution is -0.148. The van der Waals surface area contributed by atoms with Gasteiger partial charge in [-0.15, -0.1) is 0 Å². The van der Waals surface area contributed by atoms with Crippen molar-refractivity contribution in [1.29, 1.82) is 0 Å². The standard InChI is InChI=1S/C12H8O4.C4H6O5/c13-11(14)9-6-5-7-3-1-2-4-8(7)10(9)12(15)16;5-3(6)1-9-2-4(7)8/h1-6H,(H,13,14)(H,15,16);1-2H2,(H,5,6)(H,7,8). The average Bonchev–Trinajstić information content (AvgIpc) is 2.53. The highest BCUT2D eigenvalue weighted by Gasteiger charge is 2.18. The largest absolute Gasteiger partial charge is 0.480 e. The molecule has 9 nitrogen and oxygen atoms in total. The summed E-state index contributed by atoms with van der Waals surface area (Å²) in [7, 11) is 0. The van der Waals surface area contributed by atoms with Gasteiger partial charge in [0.15, 0.2) is 0 Å². The first-order valence-corrected chi connectivity index (χ1v) is 6.73. The highest BCUT2D eigenvalue weighted by atomic mass is 16.5. The number of benzene rings is 2.